The van der Waals surface area contributed by atoms with Crippen molar-refractivity contribution in [3.63, 3.8) is 0 Å². The van der Waals surface area contributed by atoms with Gasteiger partial charge in [-0.15, -0.1) is 0 Å². The summed E-state index contributed by atoms with van der Waals surface area (Å²) in [7, 11) is 0. The smallest absolute Gasteiger partial charge is 0.250 e. The Kier molecular flexibility index (Phi) is 2.70. The molecular formula is C13H16FN3O. The lowest BCUT2D eigenvalue weighted by molar-refractivity contribution is 0.100. The van der Waals surface area contributed by atoms with Gasteiger partial charge in [0.25, 0.3) is 5.91 Å². The fourth-order valence-corrected chi connectivity index (χ4v) is 3.03. The van der Waals surface area contributed by atoms with Gasteiger partial charge in [0.1, 0.15) is 5.82 Å². The standard InChI is InChI=1S/C13H16FN3O/c14-10-1-2-12(11(3-10)13(15)18)17-6-8-4-16-5-9(8)7-17/h1-3,8-9,16H,4-7H2,(H2,15,18). The molecule has 2 saturated heterocycles. The van der Waals surface area contributed by atoms with E-state index in [1.807, 2.05) is 0 Å². The van der Waals surface area contributed by atoms with Crippen molar-refractivity contribution in [2.75, 3.05) is 31.1 Å². The number of halogens is 1. The van der Waals surface area contributed by atoms with Gasteiger partial charge in [-0.05, 0) is 30.0 Å². The van der Waals surface area contributed by atoms with Crippen LogP contribution in [-0.4, -0.2) is 32.1 Å². The van der Waals surface area contributed by atoms with Gasteiger partial charge in [-0.3, -0.25) is 4.79 Å². The third kappa shape index (κ3) is 1.84. The highest BCUT2D eigenvalue weighted by molar-refractivity contribution is 5.98. The highest BCUT2D eigenvalue weighted by Gasteiger charge is 2.37. The van der Waals surface area contributed by atoms with E-state index in [1.165, 1.54) is 12.1 Å². The van der Waals surface area contributed by atoms with Crippen LogP contribution in [0, 0.1) is 17.7 Å². The number of nitrogens with two attached hydrogens (primary N) is 1. The Morgan fingerprint density at radius 1 is 1.33 bits per heavy atom. The quantitative estimate of drug-likeness (QED) is 0.806. The molecule has 4 nitrogen and oxygen atoms in total. The lowest BCUT2D eigenvalue weighted by Gasteiger charge is -2.22. The number of primary amides is 1. The van der Waals surface area contributed by atoms with E-state index in [4.69, 9.17) is 5.73 Å². The number of carbonyl (C=O) groups is 1. The molecule has 0 radical (unpaired) electrons. The molecule has 5 heteroatoms. The third-order valence-electron chi connectivity index (χ3n) is 3.95. The van der Waals surface area contributed by atoms with Gasteiger partial charge in [0.05, 0.1) is 5.56 Å². The van der Waals surface area contributed by atoms with E-state index < -0.39 is 11.7 Å². The molecule has 0 spiro atoms. The molecule has 1 aromatic rings. The van der Waals surface area contributed by atoms with Gasteiger partial charge in [-0.1, -0.05) is 0 Å². The molecule has 0 bridgehead atoms. The van der Waals surface area contributed by atoms with Crippen molar-refractivity contribution >= 4 is 11.6 Å². The SMILES string of the molecule is NC(=O)c1cc(F)ccc1N1CC2CNCC2C1. The predicted molar refractivity (Wildman–Crippen MR) is 67.0 cm³/mol. The van der Waals surface area contributed by atoms with Crippen LogP contribution in [0.1, 0.15) is 10.4 Å². The molecule has 0 saturated carbocycles. The van der Waals surface area contributed by atoms with Crippen molar-refractivity contribution in [3.05, 3.63) is 29.6 Å². The topological polar surface area (TPSA) is 58.4 Å². The van der Waals surface area contributed by atoms with Crippen molar-refractivity contribution in [3.8, 4) is 0 Å². The van der Waals surface area contributed by atoms with Crippen LogP contribution in [0.4, 0.5) is 10.1 Å². The fraction of sp³-hybridized carbons (Fsp3) is 0.462. The molecule has 2 unspecified atom stereocenters. The lowest BCUT2D eigenvalue weighted by Crippen LogP contribution is -2.28. The molecule has 96 valence electrons. The average molecular weight is 249 g/mol. The Morgan fingerprint density at radius 3 is 2.61 bits per heavy atom. The summed E-state index contributed by atoms with van der Waals surface area (Å²) < 4.78 is 13.2. The summed E-state index contributed by atoms with van der Waals surface area (Å²) in [5, 5.41) is 3.36. The molecule has 3 N–H and O–H groups in total. The zero-order valence-corrected chi connectivity index (χ0v) is 10.0. The molecular weight excluding hydrogens is 233 g/mol. The number of hydrogen-bond acceptors (Lipinski definition) is 3. The summed E-state index contributed by atoms with van der Waals surface area (Å²) in [4.78, 5) is 13.5. The lowest BCUT2D eigenvalue weighted by atomic mass is 10.0. The second-order valence-corrected chi connectivity index (χ2v) is 5.11. The Hall–Kier alpha value is -1.62. The molecule has 2 atom stereocenters. The van der Waals surface area contributed by atoms with Crippen LogP contribution < -0.4 is 16.0 Å². The van der Waals surface area contributed by atoms with E-state index in [-0.39, 0.29) is 5.56 Å². The number of nitrogens with one attached hydrogen (secondary N) is 1. The highest BCUT2D eigenvalue weighted by Crippen LogP contribution is 2.32. The van der Waals surface area contributed by atoms with Gasteiger partial charge in [0.15, 0.2) is 0 Å². The molecule has 1 amide bonds. The van der Waals surface area contributed by atoms with Gasteiger partial charge < -0.3 is 16.0 Å². The molecule has 18 heavy (non-hydrogen) atoms. The summed E-state index contributed by atoms with van der Waals surface area (Å²) in [6, 6.07) is 4.27. The number of amides is 1. The summed E-state index contributed by atoms with van der Waals surface area (Å²) in [6.45, 7) is 3.86. The first-order valence-corrected chi connectivity index (χ1v) is 6.20. The number of rotatable bonds is 2. The Morgan fingerprint density at radius 2 is 2.00 bits per heavy atom. The van der Waals surface area contributed by atoms with Crippen molar-refractivity contribution in [2.45, 2.75) is 0 Å². The number of carbonyl (C=O) groups excluding carboxylic acids is 1. The largest absolute Gasteiger partial charge is 0.370 e. The van der Waals surface area contributed by atoms with Crippen molar-refractivity contribution in [1.29, 1.82) is 0 Å². The molecule has 0 aliphatic carbocycles. The molecule has 2 aliphatic heterocycles. The van der Waals surface area contributed by atoms with E-state index in [1.54, 1.807) is 6.07 Å². The van der Waals surface area contributed by atoms with E-state index in [9.17, 15) is 9.18 Å². The number of nitrogens with zero attached hydrogens (tertiary/aromatic N) is 1. The average Bonchev–Trinajstić information content (AvgIpc) is 2.88. The van der Waals surface area contributed by atoms with E-state index in [2.05, 4.69) is 10.2 Å². The summed E-state index contributed by atoms with van der Waals surface area (Å²) >= 11 is 0. The molecule has 2 fully saturated rings. The zero-order chi connectivity index (χ0) is 12.7. The minimum Gasteiger partial charge on any atom is -0.370 e. The number of benzene rings is 1. The maximum absolute atomic E-state index is 13.2. The van der Waals surface area contributed by atoms with Gasteiger partial charge in [0.2, 0.25) is 0 Å². The van der Waals surface area contributed by atoms with Crippen LogP contribution in [-0.2, 0) is 0 Å². The van der Waals surface area contributed by atoms with Crippen LogP contribution in [0.2, 0.25) is 0 Å². The first-order chi connectivity index (χ1) is 8.65. The van der Waals surface area contributed by atoms with Gasteiger partial charge >= 0.3 is 0 Å². The molecule has 3 rings (SSSR count). The molecule has 2 heterocycles. The second kappa shape index (κ2) is 4.24. The highest BCUT2D eigenvalue weighted by atomic mass is 19.1. The Bertz CT molecular complexity index is 479. The summed E-state index contributed by atoms with van der Waals surface area (Å²) in [6.07, 6.45) is 0. The van der Waals surface area contributed by atoms with Gasteiger partial charge in [-0.2, -0.15) is 0 Å². The third-order valence-corrected chi connectivity index (χ3v) is 3.95. The maximum atomic E-state index is 13.2. The summed E-state index contributed by atoms with van der Waals surface area (Å²) in [5.74, 6) is 0.250. The minimum absolute atomic E-state index is 0.280. The first kappa shape index (κ1) is 11.5. The predicted octanol–water partition coefficient (Wildman–Crippen LogP) is 0.580. The van der Waals surface area contributed by atoms with Gasteiger partial charge in [-0.25, -0.2) is 4.39 Å². The van der Waals surface area contributed by atoms with E-state index in [0.29, 0.717) is 11.8 Å². The number of anilines is 1. The van der Waals surface area contributed by atoms with Crippen molar-refractivity contribution in [1.82, 2.24) is 5.32 Å². The molecule has 1 aromatic carbocycles. The fourth-order valence-electron chi connectivity index (χ4n) is 3.03. The van der Waals surface area contributed by atoms with E-state index in [0.717, 1.165) is 31.9 Å². The van der Waals surface area contributed by atoms with Crippen LogP contribution in [0.5, 0.6) is 0 Å². The maximum Gasteiger partial charge on any atom is 0.250 e. The number of fused-ring (bicyclic) bond motifs is 1. The summed E-state index contributed by atoms with van der Waals surface area (Å²) in [5.41, 5.74) is 6.37. The minimum atomic E-state index is -0.570. The van der Waals surface area contributed by atoms with Crippen LogP contribution >= 0.6 is 0 Å². The van der Waals surface area contributed by atoms with Crippen molar-refractivity contribution < 1.29 is 9.18 Å². The zero-order valence-electron chi connectivity index (χ0n) is 10.0. The normalized spacial score (nSPS) is 26.4. The Balaban J connectivity index is 1.90. The van der Waals surface area contributed by atoms with Gasteiger partial charge in [0, 0.05) is 31.9 Å². The van der Waals surface area contributed by atoms with Crippen LogP contribution in [0.25, 0.3) is 0 Å². The van der Waals surface area contributed by atoms with E-state index >= 15 is 0 Å². The molecule has 2 aliphatic rings. The Labute approximate surface area is 105 Å². The second-order valence-electron chi connectivity index (χ2n) is 5.11. The molecule has 0 aromatic heterocycles. The van der Waals surface area contributed by atoms with Crippen LogP contribution in [0.15, 0.2) is 18.2 Å². The van der Waals surface area contributed by atoms with Crippen LogP contribution in [0.3, 0.4) is 0 Å². The number of hydrogen-bond donors (Lipinski definition) is 2. The first-order valence-electron chi connectivity index (χ1n) is 6.20. The monoisotopic (exact) mass is 249 g/mol. The van der Waals surface area contributed by atoms with Crippen molar-refractivity contribution in [2.24, 2.45) is 17.6 Å².